The Labute approximate surface area is 107 Å². The SMILES string of the molecule is C#Cc1cc(-c2ccc(C(C)C)c(O)c2)ccn1. The normalized spacial score (nSPS) is 10.3. The standard InChI is InChI=1S/C16H15NO/c1-4-14-9-13(7-8-17-14)12-5-6-15(11(2)3)16(18)10-12/h1,5-11,18H,2-3H3. The van der Waals surface area contributed by atoms with Gasteiger partial charge in [0.1, 0.15) is 11.4 Å². The van der Waals surface area contributed by atoms with E-state index in [4.69, 9.17) is 6.42 Å². The molecule has 2 heteroatoms. The van der Waals surface area contributed by atoms with Crippen molar-refractivity contribution in [3.8, 4) is 29.2 Å². The molecule has 1 aromatic heterocycles. The summed E-state index contributed by atoms with van der Waals surface area (Å²) in [6.07, 6.45) is 7.01. The van der Waals surface area contributed by atoms with E-state index < -0.39 is 0 Å². The first-order valence-electron chi connectivity index (χ1n) is 5.87. The molecule has 0 atom stereocenters. The van der Waals surface area contributed by atoms with E-state index in [0.29, 0.717) is 17.4 Å². The first-order chi connectivity index (χ1) is 8.61. The number of hydrogen-bond donors (Lipinski definition) is 1. The molecule has 0 aliphatic rings. The van der Waals surface area contributed by atoms with Crippen LogP contribution in [0.3, 0.4) is 0 Å². The number of hydrogen-bond acceptors (Lipinski definition) is 2. The van der Waals surface area contributed by atoms with E-state index in [2.05, 4.69) is 24.8 Å². The van der Waals surface area contributed by atoms with Gasteiger partial charge in [-0.05, 0) is 40.8 Å². The summed E-state index contributed by atoms with van der Waals surface area (Å²) in [5.41, 5.74) is 3.45. The van der Waals surface area contributed by atoms with Crippen LogP contribution in [0.2, 0.25) is 0 Å². The van der Waals surface area contributed by atoms with Crippen molar-refractivity contribution in [2.45, 2.75) is 19.8 Å². The Morgan fingerprint density at radius 3 is 2.50 bits per heavy atom. The highest BCUT2D eigenvalue weighted by atomic mass is 16.3. The molecule has 0 fully saturated rings. The van der Waals surface area contributed by atoms with Crippen molar-refractivity contribution < 1.29 is 5.11 Å². The fraction of sp³-hybridized carbons (Fsp3) is 0.188. The largest absolute Gasteiger partial charge is 0.508 e. The Morgan fingerprint density at radius 1 is 1.17 bits per heavy atom. The van der Waals surface area contributed by atoms with E-state index in [0.717, 1.165) is 16.7 Å². The lowest BCUT2D eigenvalue weighted by Gasteiger charge is -2.10. The van der Waals surface area contributed by atoms with E-state index in [9.17, 15) is 5.11 Å². The van der Waals surface area contributed by atoms with E-state index in [-0.39, 0.29) is 0 Å². The highest BCUT2D eigenvalue weighted by molar-refractivity contribution is 5.66. The molecule has 1 N–H and O–H groups in total. The molecule has 2 nitrogen and oxygen atoms in total. The highest BCUT2D eigenvalue weighted by Crippen LogP contribution is 2.30. The van der Waals surface area contributed by atoms with Gasteiger partial charge in [-0.3, -0.25) is 0 Å². The molecule has 0 saturated heterocycles. The minimum atomic E-state index is 0.303. The summed E-state index contributed by atoms with van der Waals surface area (Å²) in [7, 11) is 0. The van der Waals surface area contributed by atoms with Crippen LogP contribution in [0.1, 0.15) is 31.0 Å². The van der Waals surface area contributed by atoms with Gasteiger partial charge in [0.15, 0.2) is 0 Å². The molecule has 2 aromatic rings. The lowest BCUT2D eigenvalue weighted by atomic mass is 9.98. The number of rotatable bonds is 2. The topological polar surface area (TPSA) is 33.1 Å². The summed E-state index contributed by atoms with van der Waals surface area (Å²) >= 11 is 0. The molecule has 90 valence electrons. The Balaban J connectivity index is 2.46. The first-order valence-corrected chi connectivity index (χ1v) is 5.87. The summed E-state index contributed by atoms with van der Waals surface area (Å²) in [6.45, 7) is 4.11. The molecule has 0 radical (unpaired) electrons. The van der Waals surface area contributed by atoms with Gasteiger partial charge in [-0.15, -0.1) is 6.42 Å². The van der Waals surface area contributed by atoms with Gasteiger partial charge in [-0.2, -0.15) is 0 Å². The third kappa shape index (κ3) is 2.36. The third-order valence-corrected chi connectivity index (χ3v) is 2.89. The fourth-order valence-corrected chi connectivity index (χ4v) is 1.90. The minimum absolute atomic E-state index is 0.303. The van der Waals surface area contributed by atoms with Gasteiger partial charge in [0.25, 0.3) is 0 Å². The summed E-state index contributed by atoms with van der Waals surface area (Å²) in [5, 5.41) is 9.99. The van der Waals surface area contributed by atoms with Crippen LogP contribution in [-0.4, -0.2) is 10.1 Å². The minimum Gasteiger partial charge on any atom is -0.508 e. The Hall–Kier alpha value is -2.27. The monoisotopic (exact) mass is 237 g/mol. The number of aromatic hydroxyl groups is 1. The Kier molecular flexibility index (Phi) is 3.34. The van der Waals surface area contributed by atoms with Crippen molar-refractivity contribution >= 4 is 0 Å². The van der Waals surface area contributed by atoms with Crippen molar-refractivity contribution in [3.05, 3.63) is 47.8 Å². The summed E-state index contributed by atoms with van der Waals surface area (Å²) in [5.74, 6) is 3.13. The van der Waals surface area contributed by atoms with Crippen molar-refractivity contribution in [1.82, 2.24) is 4.98 Å². The molecule has 0 spiro atoms. The van der Waals surface area contributed by atoms with Crippen LogP contribution in [0.5, 0.6) is 5.75 Å². The first kappa shape index (κ1) is 12.2. The number of pyridine rings is 1. The number of nitrogens with zero attached hydrogens (tertiary/aromatic N) is 1. The summed E-state index contributed by atoms with van der Waals surface area (Å²) in [4.78, 5) is 4.05. The van der Waals surface area contributed by atoms with Crippen molar-refractivity contribution in [2.24, 2.45) is 0 Å². The lowest BCUT2D eigenvalue weighted by Crippen LogP contribution is -1.89. The van der Waals surface area contributed by atoms with Crippen molar-refractivity contribution in [1.29, 1.82) is 0 Å². The molecule has 0 aliphatic heterocycles. The van der Waals surface area contributed by atoms with Crippen LogP contribution in [0, 0.1) is 12.3 Å². The van der Waals surface area contributed by atoms with Gasteiger partial charge in [-0.1, -0.05) is 31.9 Å². The van der Waals surface area contributed by atoms with E-state index in [1.165, 1.54) is 0 Å². The Morgan fingerprint density at radius 2 is 1.89 bits per heavy atom. The quantitative estimate of drug-likeness (QED) is 0.810. The molecule has 0 aliphatic carbocycles. The molecule has 18 heavy (non-hydrogen) atoms. The van der Waals surface area contributed by atoms with Gasteiger partial charge in [-0.25, -0.2) is 4.98 Å². The van der Waals surface area contributed by atoms with Crippen molar-refractivity contribution in [2.75, 3.05) is 0 Å². The fourth-order valence-electron chi connectivity index (χ4n) is 1.90. The van der Waals surface area contributed by atoms with Crippen LogP contribution in [0.25, 0.3) is 11.1 Å². The third-order valence-electron chi connectivity index (χ3n) is 2.89. The molecule has 0 saturated carbocycles. The Bertz CT molecular complexity index is 609. The zero-order valence-corrected chi connectivity index (χ0v) is 10.5. The molecular weight excluding hydrogens is 222 g/mol. The van der Waals surface area contributed by atoms with E-state index >= 15 is 0 Å². The molecule has 2 rings (SSSR count). The average Bonchev–Trinajstić information content (AvgIpc) is 2.38. The number of phenols is 1. The summed E-state index contributed by atoms with van der Waals surface area (Å²) < 4.78 is 0. The van der Waals surface area contributed by atoms with Gasteiger partial charge in [0.2, 0.25) is 0 Å². The maximum Gasteiger partial charge on any atom is 0.119 e. The van der Waals surface area contributed by atoms with Crippen LogP contribution in [-0.2, 0) is 0 Å². The second-order valence-electron chi connectivity index (χ2n) is 4.50. The molecule has 0 unspecified atom stereocenters. The van der Waals surface area contributed by atoms with Crippen molar-refractivity contribution in [3.63, 3.8) is 0 Å². The number of aromatic nitrogens is 1. The van der Waals surface area contributed by atoms with E-state index in [1.54, 1.807) is 12.3 Å². The highest BCUT2D eigenvalue weighted by Gasteiger charge is 2.07. The second-order valence-corrected chi connectivity index (χ2v) is 4.50. The van der Waals surface area contributed by atoms with E-state index in [1.807, 2.05) is 24.3 Å². The predicted molar refractivity (Wildman–Crippen MR) is 73.4 cm³/mol. The molecule has 1 aromatic carbocycles. The predicted octanol–water partition coefficient (Wildman–Crippen LogP) is 3.56. The molecular formula is C16H15NO. The number of terminal acetylenes is 1. The van der Waals surface area contributed by atoms with Crippen LogP contribution < -0.4 is 0 Å². The second kappa shape index (κ2) is 4.93. The van der Waals surface area contributed by atoms with Gasteiger partial charge in [0.05, 0.1) is 0 Å². The zero-order chi connectivity index (χ0) is 13.1. The smallest absolute Gasteiger partial charge is 0.119 e. The molecule has 1 heterocycles. The molecule has 0 amide bonds. The van der Waals surface area contributed by atoms with Crippen LogP contribution in [0.15, 0.2) is 36.5 Å². The average molecular weight is 237 g/mol. The lowest BCUT2D eigenvalue weighted by molar-refractivity contribution is 0.465. The van der Waals surface area contributed by atoms with Crippen LogP contribution in [0.4, 0.5) is 0 Å². The van der Waals surface area contributed by atoms with Crippen LogP contribution >= 0.6 is 0 Å². The maximum atomic E-state index is 9.99. The van der Waals surface area contributed by atoms with Gasteiger partial charge >= 0.3 is 0 Å². The summed E-state index contributed by atoms with van der Waals surface area (Å²) in [6, 6.07) is 9.43. The number of phenolic OH excluding ortho intramolecular Hbond substituents is 1. The van der Waals surface area contributed by atoms with Gasteiger partial charge in [0, 0.05) is 6.20 Å². The van der Waals surface area contributed by atoms with Gasteiger partial charge < -0.3 is 5.11 Å². The zero-order valence-electron chi connectivity index (χ0n) is 10.5. The molecule has 0 bridgehead atoms. The maximum absolute atomic E-state index is 9.99. The number of benzene rings is 1.